The van der Waals surface area contributed by atoms with Gasteiger partial charge in [-0.25, -0.2) is 0 Å². The summed E-state index contributed by atoms with van der Waals surface area (Å²) in [4.78, 5) is 38.8. The smallest absolute Gasteiger partial charge is 0.316 e. The number of nitro groups is 1. The van der Waals surface area contributed by atoms with E-state index in [-0.39, 0.29) is 11.7 Å². The molecule has 0 fully saturated rings. The number of rotatable bonds is 3. The molecule has 0 saturated carbocycles. The van der Waals surface area contributed by atoms with E-state index >= 15 is 0 Å². The highest BCUT2D eigenvalue weighted by Crippen LogP contribution is 2.35. The molecule has 0 aliphatic rings. The Hall–Kier alpha value is -2.64. The van der Waals surface area contributed by atoms with Crippen molar-refractivity contribution >= 4 is 22.4 Å². The molecule has 118 valence electrons. The van der Waals surface area contributed by atoms with Gasteiger partial charge in [-0.1, -0.05) is 0 Å². The van der Waals surface area contributed by atoms with Crippen LogP contribution in [0.4, 0.5) is 11.4 Å². The van der Waals surface area contributed by atoms with Crippen LogP contribution in [0, 0.1) is 17.0 Å². The number of nitrogens with one attached hydrogen (secondary N) is 1. The highest BCUT2D eigenvalue weighted by atomic mass is 16.6. The van der Waals surface area contributed by atoms with E-state index in [1.54, 1.807) is 14.0 Å². The number of fused-ring (bicyclic) bond motifs is 1. The summed E-state index contributed by atoms with van der Waals surface area (Å²) >= 11 is 0. The number of aryl methyl sites for hydroxylation is 1. The van der Waals surface area contributed by atoms with Crippen molar-refractivity contribution in [3.8, 4) is 0 Å². The summed E-state index contributed by atoms with van der Waals surface area (Å²) in [6.45, 7) is 5.50. The summed E-state index contributed by atoms with van der Waals surface area (Å²) < 4.78 is 1.14. The minimum absolute atomic E-state index is 0.0599. The van der Waals surface area contributed by atoms with Crippen molar-refractivity contribution in [1.29, 1.82) is 0 Å². The number of nitrogens with zero attached hydrogens (tertiary/aromatic N) is 3. The average molecular weight is 306 g/mol. The Bertz CT molecular complexity index is 879. The predicted molar refractivity (Wildman–Crippen MR) is 84.7 cm³/mol. The van der Waals surface area contributed by atoms with Crippen LogP contribution in [0.5, 0.6) is 0 Å². The second kappa shape index (κ2) is 5.28. The lowest BCUT2D eigenvalue weighted by Crippen LogP contribution is -2.36. The van der Waals surface area contributed by atoms with Gasteiger partial charge < -0.3 is 14.5 Å². The highest BCUT2D eigenvalue weighted by molar-refractivity contribution is 5.93. The summed E-state index contributed by atoms with van der Waals surface area (Å²) in [6.07, 6.45) is 0. The molecule has 1 N–H and O–H groups in total. The van der Waals surface area contributed by atoms with Crippen LogP contribution >= 0.6 is 0 Å². The van der Waals surface area contributed by atoms with Crippen molar-refractivity contribution in [1.82, 2.24) is 9.55 Å². The Morgan fingerprint density at radius 1 is 1.36 bits per heavy atom. The van der Waals surface area contributed by atoms with Crippen LogP contribution in [-0.2, 0) is 7.05 Å². The van der Waals surface area contributed by atoms with Crippen LogP contribution in [0.15, 0.2) is 15.7 Å². The van der Waals surface area contributed by atoms with E-state index in [4.69, 9.17) is 0 Å². The second-order valence-electron chi connectivity index (χ2n) is 5.54. The zero-order valence-electron chi connectivity index (χ0n) is 13.1. The molecule has 1 heterocycles. The zero-order chi connectivity index (χ0) is 16.8. The van der Waals surface area contributed by atoms with Crippen LogP contribution in [-0.4, -0.2) is 27.6 Å². The molecule has 2 aromatic rings. The molecule has 0 spiro atoms. The van der Waals surface area contributed by atoms with Gasteiger partial charge in [0.15, 0.2) is 0 Å². The van der Waals surface area contributed by atoms with Gasteiger partial charge in [0.1, 0.15) is 0 Å². The van der Waals surface area contributed by atoms with E-state index in [0.717, 1.165) is 4.57 Å². The largest absolute Gasteiger partial charge is 0.370 e. The van der Waals surface area contributed by atoms with Crippen LogP contribution in [0.3, 0.4) is 0 Å². The molecule has 2 rings (SSSR count). The van der Waals surface area contributed by atoms with Gasteiger partial charge in [0.25, 0.3) is 5.69 Å². The van der Waals surface area contributed by atoms with Gasteiger partial charge in [-0.2, -0.15) is 0 Å². The molecule has 0 aliphatic carbocycles. The Balaban J connectivity index is 3.09. The Kier molecular flexibility index (Phi) is 3.78. The first-order valence-corrected chi connectivity index (χ1v) is 6.80. The molecule has 0 amide bonds. The van der Waals surface area contributed by atoms with Gasteiger partial charge in [-0.05, 0) is 20.8 Å². The van der Waals surface area contributed by atoms with Gasteiger partial charge in [0, 0.05) is 26.2 Å². The number of benzene rings is 1. The fourth-order valence-corrected chi connectivity index (χ4v) is 2.45. The number of nitro benzene ring substituents is 1. The minimum atomic E-state index is -0.748. The van der Waals surface area contributed by atoms with E-state index in [1.165, 1.54) is 13.1 Å². The normalized spacial score (nSPS) is 11.2. The molecule has 0 radical (unpaired) electrons. The molecule has 8 nitrogen and oxygen atoms in total. The van der Waals surface area contributed by atoms with Crippen molar-refractivity contribution in [3.63, 3.8) is 0 Å². The summed E-state index contributed by atoms with van der Waals surface area (Å²) in [6, 6.07) is 1.38. The Labute approximate surface area is 126 Å². The van der Waals surface area contributed by atoms with Crippen LogP contribution in [0.2, 0.25) is 0 Å². The van der Waals surface area contributed by atoms with Crippen molar-refractivity contribution in [2.45, 2.75) is 26.8 Å². The van der Waals surface area contributed by atoms with Crippen LogP contribution in [0.1, 0.15) is 19.4 Å². The van der Waals surface area contributed by atoms with Crippen LogP contribution in [0.25, 0.3) is 11.0 Å². The maximum absolute atomic E-state index is 11.8. The SMILES string of the molecule is Cc1c([N+](=O)[O-])cc2c([nH]c(=O)c(=O)n2C)c1N(C)C(C)C. The van der Waals surface area contributed by atoms with E-state index in [0.29, 0.717) is 22.3 Å². The third-order valence-electron chi connectivity index (χ3n) is 3.93. The molecule has 0 aliphatic heterocycles. The van der Waals surface area contributed by atoms with E-state index < -0.39 is 16.0 Å². The van der Waals surface area contributed by atoms with Crippen molar-refractivity contribution in [2.24, 2.45) is 7.05 Å². The van der Waals surface area contributed by atoms with Crippen LogP contribution < -0.4 is 16.0 Å². The molecular weight excluding hydrogens is 288 g/mol. The first-order chi connectivity index (χ1) is 10.2. The lowest BCUT2D eigenvalue weighted by Gasteiger charge is -2.27. The first-order valence-electron chi connectivity index (χ1n) is 6.80. The third kappa shape index (κ3) is 2.26. The van der Waals surface area contributed by atoms with Gasteiger partial charge in [0.05, 0.1) is 27.2 Å². The molecule has 0 saturated heterocycles. The molecule has 1 aromatic heterocycles. The molecule has 8 heteroatoms. The number of aromatic amines is 1. The van der Waals surface area contributed by atoms with E-state index in [9.17, 15) is 19.7 Å². The maximum atomic E-state index is 11.8. The van der Waals surface area contributed by atoms with E-state index in [1.807, 2.05) is 18.7 Å². The number of hydrogen-bond donors (Lipinski definition) is 1. The summed E-state index contributed by atoms with van der Waals surface area (Å²) in [5, 5.41) is 11.3. The lowest BCUT2D eigenvalue weighted by molar-refractivity contribution is -0.385. The quantitative estimate of drug-likeness (QED) is 0.523. The number of aromatic nitrogens is 2. The predicted octanol–water partition coefficient (Wildman–Crippen LogP) is 1.29. The molecule has 0 atom stereocenters. The van der Waals surface area contributed by atoms with Crippen molar-refractivity contribution in [2.75, 3.05) is 11.9 Å². The fourth-order valence-electron chi connectivity index (χ4n) is 2.45. The molecule has 0 bridgehead atoms. The van der Waals surface area contributed by atoms with Gasteiger partial charge in [-0.3, -0.25) is 19.7 Å². The Morgan fingerprint density at radius 3 is 2.45 bits per heavy atom. The molecule has 0 unspecified atom stereocenters. The number of hydrogen-bond acceptors (Lipinski definition) is 5. The Morgan fingerprint density at radius 2 is 1.95 bits per heavy atom. The molecular formula is C14H18N4O4. The average Bonchev–Trinajstić information content (AvgIpc) is 2.43. The standard InChI is InChI=1S/C14H18N4O4/c1-7(2)16(4)12-8(3)9(18(21)22)6-10-11(12)15-13(19)14(20)17(10)5/h6-7H,1-5H3,(H,15,19). The number of anilines is 1. The monoisotopic (exact) mass is 306 g/mol. The van der Waals surface area contributed by atoms with E-state index in [2.05, 4.69) is 4.98 Å². The van der Waals surface area contributed by atoms with Gasteiger partial charge >= 0.3 is 11.1 Å². The van der Waals surface area contributed by atoms with Gasteiger partial charge in [-0.15, -0.1) is 0 Å². The first kappa shape index (κ1) is 15.7. The molecule has 1 aromatic carbocycles. The minimum Gasteiger partial charge on any atom is -0.370 e. The molecule has 22 heavy (non-hydrogen) atoms. The summed E-state index contributed by atoms with van der Waals surface area (Å²) in [7, 11) is 3.22. The maximum Gasteiger partial charge on any atom is 0.316 e. The summed E-state index contributed by atoms with van der Waals surface area (Å²) in [5.41, 5.74) is 0.160. The highest BCUT2D eigenvalue weighted by Gasteiger charge is 2.23. The summed E-state index contributed by atoms with van der Waals surface area (Å²) in [5.74, 6) is 0. The van der Waals surface area contributed by atoms with Crippen molar-refractivity contribution < 1.29 is 4.92 Å². The topological polar surface area (TPSA) is 101 Å². The van der Waals surface area contributed by atoms with Crippen molar-refractivity contribution in [3.05, 3.63) is 42.5 Å². The lowest BCUT2D eigenvalue weighted by atomic mass is 10.1. The second-order valence-corrected chi connectivity index (χ2v) is 5.54. The number of H-pyrrole nitrogens is 1. The third-order valence-corrected chi connectivity index (χ3v) is 3.93. The fraction of sp³-hybridized carbons (Fsp3) is 0.429. The van der Waals surface area contributed by atoms with Gasteiger partial charge in [0.2, 0.25) is 0 Å². The zero-order valence-corrected chi connectivity index (χ0v) is 13.1.